The molecule has 1 rings (SSSR count). The molecule has 0 radical (unpaired) electrons. The minimum absolute atomic E-state index is 0.00124. The predicted octanol–water partition coefficient (Wildman–Crippen LogP) is 0.841. The number of piperidine rings is 1. The molecule has 1 heterocycles. The van der Waals surface area contributed by atoms with Gasteiger partial charge in [-0.15, -0.1) is 0 Å². The molecule has 2 atom stereocenters. The van der Waals surface area contributed by atoms with Gasteiger partial charge in [-0.1, -0.05) is 0 Å². The molecule has 0 bridgehead atoms. The lowest BCUT2D eigenvalue weighted by Crippen LogP contribution is -2.55. The number of hydrogen-bond donors (Lipinski definition) is 2. The monoisotopic (exact) mass is 272 g/mol. The number of carbonyl (C=O) groups excluding carboxylic acids is 1. The molecule has 1 fully saturated rings. The van der Waals surface area contributed by atoms with E-state index in [-0.39, 0.29) is 12.1 Å². The van der Waals surface area contributed by atoms with Gasteiger partial charge in [-0.3, -0.25) is 9.59 Å². The number of carboxylic acids is 2. The number of likely N-dealkylation sites (tertiary alicyclic amines) is 1. The van der Waals surface area contributed by atoms with Crippen LogP contribution in [0.25, 0.3) is 0 Å². The van der Waals surface area contributed by atoms with E-state index in [1.54, 1.807) is 4.90 Å². The number of carboxylic acid groups (broad SMARTS) is 2. The third kappa shape index (κ3) is 4.11. The number of nitrogens with zero attached hydrogens (tertiary/aromatic N) is 2. The van der Waals surface area contributed by atoms with Gasteiger partial charge in [0, 0.05) is 12.1 Å². The van der Waals surface area contributed by atoms with Gasteiger partial charge < -0.3 is 20.0 Å². The Kier molecular flexibility index (Phi) is 5.14. The molecule has 7 nitrogen and oxygen atoms in total. The zero-order valence-electron chi connectivity index (χ0n) is 11.2. The molecule has 0 aromatic rings. The molecular formula is C12H20N2O5. The Morgan fingerprint density at radius 2 is 1.47 bits per heavy atom. The van der Waals surface area contributed by atoms with Crippen LogP contribution in [0.4, 0.5) is 4.79 Å². The lowest BCUT2D eigenvalue weighted by Gasteiger charge is -2.41. The van der Waals surface area contributed by atoms with E-state index in [1.807, 2.05) is 13.8 Å². The summed E-state index contributed by atoms with van der Waals surface area (Å²) in [5, 5.41) is 17.5. The number of hydrogen-bond acceptors (Lipinski definition) is 3. The number of amides is 2. The van der Waals surface area contributed by atoms with Crippen molar-refractivity contribution in [1.82, 2.24) is 9.80 Å². The van der Waals surface area contributed by atoms with Crippen molar-refractivity contribution in [3.05, 3.63) is 0 Å². The van der Waals surface area contributed by atoms with Crippen LogP contribution in [0, 0.1) is 0 Å². The third-order valence-corrected chi connectivity index (χ3v) is 3.34. The molecule has 19 heavy (non-hydrogen) atoms. The normalized spacial score (nSPS) is 22.9. The van der Waals surface area contributed by atoms with Crippen LogP contribution in [-0.4, -0.2) is 63.2 Å². The van der Waals surface area contributed by atoms with Gasteiger partial charge in [0.05, 0.1) is 0 Å². The van der Waals surface area contributed by atoms with Gasteiger partial charge in [0.1, 0.15) is 13.1 Å². The van der Waals surface area contributed by atoms with Crippen molar-refractivity contribution < 1.29 is 24.6 Å². The Hall–Kier alpha value is -1.79. The fraction of sp³-hybridized carbons (Fsp3) is 0.750. The number of rotatable bonds is 4. The summed E-state index contributed by atoms with van der Waals surface area (Å²) in [6.45, 7) is 2.60. The maximum Gasteiger partial charge on any atom is 0.323 e. The highest BCUT2D eigenvalue weighted by Gasteiger charge is 2.33. The summed E-state index contributed by atoms with van der Waals surface area (Å²) >= 11 is 0. The Balaban J connectivity index is 2.84. The van der Waals surface area contributed by atoms with Crippen LogP contribution in [-0.2, 0) is 9.59 Å². The van der Waals surface area contributed by atoms with Gasteiger partial charge in [0.2, 0.25) is 0 Å². The fourth-order valence-electron chi connectivity index (χ4n) is 2.48. The molecule has 0 aromatic carbocycles. The second-order valence-electron chi connectivity index (χ2n) is 4.96. The Bertz CT molecular complexity index is 345. The second-order valence-corrected chi connectivity index (χ2v) is 4.96. The summed E-state index contributed by atoms with van der Waals surface area (Å²) in [5.74, 6) is -2.43. The fourth-order valence-corrected chi connectivity index (χ4v) is 2.48. The number of urea groups is 1. The minimum Gasteiger partial charge on any atom is -0.480 e. The van der Waals surface area contributed by atoms with Crippen molar-refractivity contribution in [3.63, 3.8) is 0 Å². The minimum atomic E-state index is -1.22. The summed E-state index contributed by atoms with van der Waals surface area (Å²) in [6.07, 6.45) is 2.72. The molecule has 108 valence electrons. The summed E-state index contributed by atoms with van der Waals surface area (Å²) in [4.78, 5) is 36.2. The van der Waals surface area contributed by atoms with Gasteiger partial charge in [-0.05, 0) is 33.1 Å². The Morgan fingerprint density at radius 3 is 1.84 bits per heavy atom. The van der Waals surface area contributed by atoms with E-state index in [0.717, 1.165) is 24.2 Å². The van der Waals surface area contributed by atoms with Crippen LogP contribution < -0.4 is 0 Å². The standard InChI is InChI=1S/C12H20N2O5/c1-8-4-3-5-9(2)14(8)12(19)13(6-10(15)16)7-11(17)18/h8-9H,3-7H2,1-2H3,(H,15,16)(H,17,18). The quantitative estimate of drug-likeness (QED) is 0.790. The van der Waals surface area contributed by atoms with Crippen molar-refractivity contribution in [2.75, 3.05) is 13.1 Å². The SMILES string of the molecule is CC1CCCC(C)N1C(=O)N(CC(=O)O)CC(=O)O. The van der Waals surface area contributed by atoms with Crippen LogP contribution in [0.2, 0.25) is 0 Å². The zero-order valence-corrected chi connectivity index (χ0v) is 11.2. The summed E-state index contributed by atoms with van der Waals surface area (Å²) in [5.41, 5.74) is 0. The van der Waals surface area contributed by atoms with Gasteiger partial charge >= 0.3 is 18.0 Å². The molecule has 0 aromatic heterocycles. The highest BCUT2D eigenvalue weighted by Crippen LogP contribution is 2.23. The van der Waals surface area contributed by atoms with E-state index in [2.05, 4.69) is 0 Å². The first-order chi connectivity index (χ1) is 8.82. The van der Waals surface area contributed by atoms with Crippen molar-refractivity contribution in [1.29, 1.82) is 0 Å². The van der Waals surface area contributed by atoms with Crippen LogP contribution >= 0.6 is 0 Å². The molecule has 1 saturated heterocycles. The van der Waals surface area contributed by atoms with E-state index in [0.29, 0.717) is 0 Å². The molecule has 2 unspecified atom stereocenters. The molecule has 2 amide bonds. The van der Waals surface area contributed by atoms with Crippen LogP contribution in [0.1, 0.15) is 33.1 Å². The molecule has 0 saturated carbocycles. The average Bonchev–Trinajstić information content (AvgIpc) is 2.26. The molecule has 0 spiro atoms. The maximum atomic E-state index is 12.3. The highest BCUT2D eigenvalue weighted by atomic mass is 16.4. The lowest BCUT2D eigenvalue weighted by atomic mass is 9.98. The van der Waals surface area contributed by atoms with Crippen molar-refractivity contribution >= 4 is 18.0 Å². The first-order valence-electron chi connectivity index (χ1n) is 6.33. The molecular weight excluding hydrogens is 252 g/mol. The van der Waals surface area contributed by atoms with E-state index in [9.17, 15) is 14.4 Å². The van der Waals surface area contributed by atoms with Gasteiger partial charge in [-0.2, -0.15) is 0 Å². The zero-order chi connectivity index (χ0) is 14.6. The molecule has 7 heteroatoms. The highest BCUT2D eigenvalue weighted by molar-refractivity contribution is 5.84. The summed E-state index contributed by atoms with van der Waals surface area (Å²) in [6, 6.07) is -0.507. The van der Waals surface area contributed by atoms with Crippen LogP contribution in [0.15, 0.2) is 0 Å². The molecule has 1 aliphatic heterocycles. The van der Waals surface area contributed by atoms with Crippen LogP contribution in [0.3, 0.4) is 0 Å². The van der Waals surface area contributed by atoms with E-state index in [4.69, 9.17) is 10.2 Å². The van der Waals surface area contributed by atoms with Gasteiger partial charge in [-0.25, -0.2) is 4.79 Å². The lowest BCUT2D eigenvalue weighted by molar-refractivity contribution is -0.141. The van der Waals surface area contributed by atoms with Crippen molar-refractivity contribution in [2.24, 2.45) is 0 Å². The summed E-state index contributed by atoms with van der Waals surface area (Å²) in [7, 11) is 0. The summed E-state index contributed by atoms with van der Waals surface area (Å²) < 4.78 is 0. The van der Waals surface area contributed by atoms with Crippen molar-refractivity contribution in [2.45, 2.75) is 45.2 Å². The molecule has 0 aliphatic carbocycles. The number of aliphatic carboxylic acids is 2. The predicted molar refractivity (Wildman–Crippen MR) is 66.9 cm³/mol. The van der Waals surface area contributed by atoms with Crippen molar-refractivity contribution in [3.8, 4) is 0 Å². The average molecular weight is 272 g/mol. The van der Waals surface area contributed by atoms with Gasteiger partial charge in [0.25, 0.3) is 0 Å². The third-order valence-electron chi connectivity index (χ3n) is 3.34. The number of carbonyl (C=O) groups is 3. The topological polar surface area (TPSA) is 98.2 Å². The second kappa shape index (κ2) is 6.40. The maximum absolute atomic E-state index is 12.3. The smallest absolute Gasteiger partial charge is 0.323 e. The van der Waals surface area contributed by atoms with Gasteiger partial charge in [0.15, 0.2) is 0 Å². The van der Waals surface area contributed by atoms with E-state index < -0.39 is 31.1 Å². The Morgan fingerprint density at radius 1 is 1.05 bits per heavy atom. The molecule has 1 aliphatic rings. The Labute approximate surface area is 111 Å². The van der Waals surface area contributed by atoms with E-state index in [1.165, 1.54) is 0 Å². The van der Waals surface area contributed by atoms with E-state index >= 15 is 0 Å². The molecule has 2 N–H and O–H groups in total. The first-order valence-corrected chi connectivity index (χ1v) is 6.33. The first kappa shape index (κ1) is 15.3. The largest absolute Gasteiger partial charge is 0.480 e. The van der Waals surface area contributed by atoms with Crippen LogP contribution in [0.5, 0.6) is 0 Å².